The molecule has 1 N–H and O–H groups in total. The molecule has 0 aromatic heterocycles. The average Bonchev–Trinajstić information content (AvgIpc) is 3.03. The zero-order chi connectivity index (χ0) is 16.3. The fourth-order valence-corrected chi connectivity index (χ4v) is 3.38. The van der Waals surface area contributed by atoms with Gasteiger partial charge in [-0.2, -0.15) is 0 Å². The number of nitrogens with zero attached hydrogens (tertiary/aromatic N) is 1. The summed E-state index contributed by atoms with van der Waals surface area (Å²) < 4.78 is 0. The fourth-order valence-electron chi connectivity index (χ4n) is 3.06. The molecule has 1 amide bonds. The third kappa shape index (κ3) is 4.23. The number of carbonyl (C=O) groups is 1. The molecule has 3 nitrogen and oxygen atoms in total. The Labute approximate surface area is 143 Å². The highest BCUT2D eigenvalue weighted by molar-refractivity contribution is 6.42. The Morgan fingerprint density at radius 1 is 1.23 bits per heavy atom. The standard InChI is InChI=1S/C17H24Cl2N2O/c1-12(13(2)21-8-4-5-9-21)20(3)17(22)11-14-6-7-15(18)16(19)10-14/h6-7,10,12-13H,4-5,8-9,11H2,1-3H3/p+1/t12-,13-/m0/s1. The molecule has 0 spiro atoms. The smallest absolute Gasteiger partial charge is 0.295 e. The van der Waals surface area contributed by atoms with E-state index in [4.69, 9.17) is 23.2 Å². The Morgan fingerprint density at radius 2 is 1.86 bits per heavy atom. The first kappa shape index (κ1) is 17.7. The van der Waals surface area contributed by atoms with Gasteiger partial charge in [-0.15, -0.1) is 0 Å². The molecule has 22 heavy (non-hydrogen) atoms. The van der Waals surface area contributed by atoms with E-state index in [0.717, 1.165) is 23.6 Å². The van der Waals surface area contributed by atoms with Crippen LogP contribution in [0.4, 0.5) is 0 Å². The Kier molecular flexibility index (Phi) is 6.27. The quantitative estimate of drug-likeness (QED) is 0.888. The number of benzene rings is 1. The van der Waals surface area contributed by atoms with E-state index in [9.17, 15) is 4.79 Å². The maximum absolute atomic E-state index is 12.5. The molecule has 1 aromatic rings. The van der Waals surface area contributed by atoms with Gasteiger partial charge in [0, 0.05) is 0 Å². The number of likely N-dealkylation sites (tertiary alicyclic amines) is 1. The summed E-state index contributed by atoms with van der Waals surface area (Å²) in [5.41, 5.74) is 0.916. The Balaban J connectivity index is 1.96. The molecule has 1 aliphatic heterocycles. The lowest BCUT2D eigenvalue weighted by molar-refractivity contribution is -0.827. The van der Waals surface area contributed by atoms with Crippen molar-refractivity contribution in [2.45, 2.75) is 45.2 Å². The molecule has 1 heterocycles. The van der Waals surface area contributed by atoms with Crippen molar-refractivity contribution in [3.05, 3.63) is 33.8 Å². The van der Waals surface area contributed by atoms with Crippen LogP contribution in [0.25, 0.3) is 0 Å². The molecule has 0 aliphatic carbocycles. The van der Waals surface area contributed by atoms with Crippen LogP contribution in [0.1, 0.15) is 32.3 Å². The Morgan fingerprint density at radius 3 is 2.45 bits per heavy atom. The third-order valence-corrected chi connectivity index (χ3v) is 5.65. The van der Waals surface area contributed by atoms with Crippen LogP contribution in [0, 0.1) is 0 Å². The zero-order valence-corrected chi connectivity index (χ0v) is 15.0. The van der Waals surface area contributed by atoms with Crippen LogP contribution in [0.2, 0.25) is 10.0 Å². The molecule has 122 valence electrons. The van der Waals surface area contributed by atoms with Crippen molar-refractivity contribution in [2.75, 3.05) is 20.1 Å². The predicted molar refractivity (Wildman–Crippen MR) is 91.8 cm³/mol. The van der Waals surface area contributed by atoms with Crippen molar-refractivity contribution in [1.82, 2.24) is 4.90 Å². The lowest BCUT2D eigenvalue weighted by Gasteiger charge is -2.31. The SMILES string of the molecule is C[C@@H]([C@H](C)[NH+](C)C(=O)Cc1ccc(Cl)c(Cl)c1)N1CCCC1. The van der Waals surface area contributed by atoms with Crippen molar-refractivity contribution in [1.29, 1.82) is 0 Å². The van der Waals surface area contributed by atoms with Crippen molar-refractivity contribution in [3.63, 3.8) is 0 Å². The van der Waals surface area contributed by atoms with Crippen LogP contribution in [-0.2, 0) is 11.2 Å². The summed E-state index contributed by atoms with van der Waals surface area (Å²) in [5, 5.41) is 1.03. The van der Waals surface area contributed by atoms with Crippen molar-refractivity contribution in [2.24, 2.45) is 0 Å². The molecule has 1 fully saturated rings. The van der Waals surface area contributed by atoms with Crippen molar-refractivity contribution >= 4 is 29.1 Å². The van der Waals surface area contributed by atoms with E-state index in [1.165, 1.54) is 12.8 Å². The first-order valence-electron chi connectivity index (χ1n) is 7.94. The first-order valence-corrected chi connectivity index (χ1v) is 8.70. The van der Waals surface area contributed by atoms with Gasteiger partial charge in [-0.3, -0.25) is 9.80 Å². The fraction of sp³-hybridized carbons (Fsp3) is 0.588. The summed E-state index contributed by atoms with van der Waals surface area (Å²) in [5.74, 6) is 0.192. The number of nitrogens with one attached hydrogen (secondary N) is 1. The number of likely N-dealkylation sites (N-methyl/N-ethyl adjacent to an activating group) is 1. The molecular formula is C17H25Cl2N2O+. The highest BCUT2D eigenvalue weighted by atomic mass is 35.5. The average molecular weight is 344 g/mol. The van der Waals surface area contributed by atoms with Gasteiger partial charge in [0.05, 0.1) is 29.6 Å². The molecule has 1 aromatic carbocycles. The van der Waals surface area contributed by atoms with Gasteiger partial charge in [0.1, 0.15) is 6.04 Å². The molecule has 1 saturated heterocycles. The number of rotatable bonds is 5. The summed E-state index contributed by atoms with van der Waals surface area (Å²) in [7, 11) is 1.97. The van der Waals surface area contributed by atoms with Gasteiger partial charge in [0.25, 0.3) is 0 Å². The van der Waals surface area contributed by atoms with Crippen LogP contribution in [0.3, 0.4) is 0 Å². The Hall–Kier alpha value is -0.610. The van der Waals surface area contributed by atoms with Crippen molar-refractivity contribution < 1.29 is 9.69 Å². The summed E-state index contributed by atoms with van der Waals surface area (Å²) in [6.07, 6.45) is 2.93. The molecule has 1 aliphatic rings. The second-order valence-corrected chi connectivity index (χ2v) is 7.12. The summed E-state index contributed by atoms with van der Waals surface area (Å²) in [6, 6.07) is 6.09. The largest absolute Gasteiger partial charge is 0.316 e. The zero-order valence-electron chi connectivity index (χ0n) is 13.5. The van der Waals surface area contributed by atoms with Crippen LogP contribution in [-0.4, -0.2) is 43.0 Å². The highest BCUT2D eigenvalue weighted by Gasteiger charge is 2.31. The number of amides is 1. The molecule has 0 bridgehead atoms. The van der Waals surface area contributed by atoms with Gasteiger partial charge in [-0.05, 0) is 57.5 Å². The van der Waals surface area contributed by atoms with E-state index in [0.29, 0.717) is 22.5 Å². The summed E-state index contributed by atoms with van der Waals surface area (Å²) in [4.78, 5) is 16.0. The molecular weight excluding hydrogens is 319 g/mol. The summed E-state index contributed by atoms with van der Waals surface area (Å²) >= 11 is 11.9. The van der Waals surface area contributed by atoms with E-state index < -0.39 is 0 Å². The molecule has 0 saturated carbocycles. The molecule has 5 heteroatoms. The molecule has 0 radical (unpaired) electrons. The summed E-state index contributed by atoms with van der Waals surface area (Å²) in [6.45, 7) is 6.69. The minimum atomic E-state index is 0.192. The number of hydrogen-bond acceptors (Lipinski definition) is 2. The molecule has 2 rings (SSSR count). The first-order chi connectivity index (χ1) is 10.4. The predicted octanol–water partition coefficient (Wildman–Crippen LogP) is 2.45. The van der Waals surface area contributed by atoms with Gasteiger partial charge in [-0.1, -0.05) is 29.3 Å². The lowest BCUT2D eigenvalue weighted by atomic mass is 10.1. The molecule has 1 unspecified atom stereocenters. The monoisotopic (exact) mass is 343 g/mol. The minimum Gasteiger partial charge on any atom is -0.295 e. The van der Waals surface area contributed by atoms with Gasteiger partial charge in [0.15, 0.2) is 0 Å². The number of hydrogen-bond donors (Lipinski definition) is 1. The maximum atomic E-state index is 12.5. The van der Waals surface area contributed by atoms with E-state index in [1.54, 1.807) is 12.1 Å². The second kappa shape index (κ2) is 7.78. The van der Waals surface area contributed by atoms with Crippen LogP contribution < -0.4 is 4.90 Å². The van der Waals surface area contributed by atoms with Gasteiger partial charge in [0.2, 0.25) is 0 Å². The van der Waals surface area contributed by atoms with Crippen molar-refractivity contribution in [3.8, 4) is 0 Å². The van der Waals surface area contributed by atoms with E-state index in [2.05, 4.69) is 18.7 Å². The topological polar surface area (TPSA) is 24.8 Å². The van der Waals surface area contributed by atoms with Crippen LogP contribution in [0.5, 0.6) is 0 Å². The van der Waals surface area contributed by atoms with Crippen LogP contribution in [0.15, 0.2) is 18.2 Å². The highest BCUT2D eigenvalue weighted by Crippen LogP contribution is 2.22. The normalized spacial score (nSPS) is 19.9. The molecule has 3 atom stereocenters. The van der Waals surface area contributed by atoms with E-state index >= 15 is 0 Å². The Bertz CT molecular complexity index is 529. The minimum absolute atomic E-state index is 0.192. The number of carbonyl (C=O) groups excluding carboxylic acids is 1. The van der Waals surface area contributed by atoms with Crippen LogP contribution >= 0.6 is 23.2 Å². The van der Waals surface area contributed by atoms with Gasteiger partial charge >= 0.3 is 5.91 Å². The van der Waals surface area contributed by atoms with E-state index in [-0.39, 0.29) is 11.9 Å². The number of quaternary nitrogens is 1. The maximum Gasteiger partial charge on any atom is 0.316 e. The van der Waals surface area contributed by atoms with Gasteiger partial charge < -0.3 is 0 Å². The lowest BCUT2D eigenvalue weighted by Crippen LogP contribution is -3.16. The van der Waals surface area contributed by atoms with Gasteiger partial charge in [-0.25, -0.2) is 4.79 Å². The third-order valence-electron chi connectivity index (χ3n) is 4.91. The number of halogens is 2. The van der Waals surface area contributed by atoms with E-state index in [1.807, 2.05) is 13.1 Å². The second-order valence-electron chi connectivity index (χ2n) is 6.30.